The number of nitrogens with zero attached hydrogens (tertiary/aromatic N) is 1. The third-order valence-electron chi connectivity index (χ3n) is 2.93. The lowest BCUT2D eigenvalue weighted by molar-refractivity contribution is -0.121. The molecule has 1 rings (SSSR count). The summed E-state index contributed by atoms with van der Waals surface area (Å²) in [6, 6.07) is 6.09. The number of hydrogen-bond donors (Lipinski definition) is 2. The highest BCUT2D eigenvalue weighted by Crippen LogP contribution is 1.99. The Bertz CT molecular complexity index is 390. The Hall–Kier alpha value is -1.42. The third kappa shape index (κ3) is 5.27. The largest absolute Gasteiger partial charge is 0.352 e. The molecule has 1 heterocycles. The Balaban J connectivity index is 2.27. The van der Waals surface area contributed by atoms with E-state index in [1.165, 1.54) is 0 Å². The van der Waals surface area contributed by atoms with Crippen molar-refractivity contribution < 1.29 is 4.79 Å². The number of rotatable bonds is 6. The maximum absolute atomic E-state index is 11.6. The number of pyridine rings is 1. The lowest BCUT2D eigenvalue weighted by Gasteiger charge is -2.17. The summed E-state index contributed by atoms with van der Waals surface area (Å²) in [4.78, 5) is 16.0. The second-order valence-corrected chi connectivity index (χ2v) is 4.97. The monoisotopic (exact) mass is 249 g/mol. The van der Waals surface area contributed by atoms with Crippen LogP contribution in [0.1, 0.15) is 32.2 Å². The van der Waals surface area contributed by atoms with Crippen LogP contribution < -0.4 is 10.6 Å². The standard InChI is InChI=1S/C14H23N3O/c1-10(2)12(4)17-14(18)9-15-8-13-7-5-6-11(3)16-13/h5-7,10,12,15H,8-9H2,1-4H3,(H,17,18). The summed E-state index contributed by atoms with van der Waals surface area (Å²) in [5, 5.41) is 6.05. The van der Waals surface area contributed by atoms with Crippen LogP contribution in [0.2, 0.25) is 0 Å². The predicted molar refractivity (Wildman–Crippen MR) is 73.1 cm³/mol. The molecule has 0 aliphatic carbocycles. The lowest BCUT2D eigenvalue weighted by Crippen LogP contribution is -2.41. The molecule has 0 fully saturated rings. The van der Waals surface area contributed by atoms with E-state index in [0.29, 0.717) is 19.0 Å². The van der Waals surface area contributed by atoms with Crippen LogP contribution in [0.3, 0.4) is 0 Å². The van der Waals surface area contributed by atoms with Gasteiger partial charge in [-0.15, -0.1) is 0 Å². The molecule has 1 atom stereocenters. The molecule has 0 saturated carbocycles. The minimum absolute atomic E-state index is 0.0313. The van der Waals surface area contributed by atoms with Gasteiger partial charge in [0.25, 0.3) is 0 Å². The number of nitrogens with one attached hydrogen (secondary N) is 2. The van der Waals surface area contributed by atoms with Crippen LogP contribution in [0.4, 0.5) is 0 Å². The molecule has 0 saturated heterocycles. The summed E-state index contributed by atoms with van der Waals surface area (Å²) < 4.78 is 0. The van der Waals surface area contributed by atoms with Crippen LogP contribution in [0.5, 0.6) is 0 Å². The van der Waals surface area contributed by atoms with Gasteiger partial charge in [-0.3, -0.25) is 9.78 Å². The maximum atomic E-state index is 11.6. The molecule has 0 aliphatic heterocycles. The quantitative estimate of drug-likeness (QED) is 0.806. The molecule has 0 aromatic carbocycles. The summed E-state index contributed by atoms with van der Waals surface area (Å²) in [5.41, 5.74) is 1.95. The molecule has 4 heteroatoms. The normalized spacial score (nSPS) is 12.5. The first-order chi connectivity index (χ1) is 8.49. The van der Waals surface area contributed by atoms with Gasteiger partial charge in [0.05, 0.1) is 12.2 Å². The van der Waals surface area contributed by atoms with Gasteiger partial charge in [0.1, 0.15) is 0 Å². The van der Waals surface area contributed by atoms with Crippen molar-refractivity contribution in [1.29, 1.82) is 0 Å². The molecule has 1 unspecified atom stereocenters. The fourth-order valence-corrected chi connectivity index (χ4v) is 1.47. The first-order valence-electron chi connectivity index (χ1n) is 6.41. The van der Waals surface area contributed by atoms with Crippen molar-refractivity contribution in [3.8, 4) is 0 Å². The fraction of sp³-hybridized carbons (Fsp3) is 0.571. The van der Waals surface area contributed by atoms with E-state index in [1.807, 2.05) is 32.0 Å². The van der Waals surface area contributed by atoms with Gasteiger partial charge in [-0.2, -0.15) is 0 Å². The van der Waals surface area contributed by atoms with Crippen LogP contribution >= 0.6 is 0 Å². The van der Waals surface area contributed by atoms with E-state index in [9.17, 15) is 4.79 Å². The fourth-order valence-electron chi connectivity index (χ4n) is 1.47. The minimum atomic E-state index is 0.0313. The van der Waals surface area contributed by atoms with E-state index in [1.54, 1.807) is 0 Å². The molecule has 0 spiro atoms. The lowest BCUT2D eigenvalue weighted by atomic mass is 10.1. The second-order valence-electron chi connectivity index (χ2n) is 4.97. The first kappa shape index (κ1) is 14.6. The zero-order chi connectivity index (χ0) is 13.5. The van der Waals surface area contributed by atoms with Gasteiger partial charge in [0, 0.05) is 18.3 Å². The van der Waals surface area contributed by atoms with Crippen molar-refractivity contribution in [2.75, 3.05) is 6.54 Å². The number of aryl methyl sites for hydroxylation is 1. The number of hydrogen-bond acceptors (Lipinski definition) is 3. The zero-order valence-electron chi connectivity index (χ0n) is 11.7. The highest BCUT2D eigenvalue weighted by molar-refractivity contribution is 5.78. The number of amides is 1. The molecule has 100 valence electrons. The Morgan fingerprint density at radius 1 is 1.33 bits per heavy atom. The molecule has 18 heavy (non-hydrogen) atoms. The van der Waals surface area contributed by atoms with Crippen molar-refractivity contribution >= 4 is 5.91 Å². The van der Waals surface area contributed by atoms with Crippen molar-refractivity contribution in [2.45, 2.75) is 40.3 Å². The molecule has 1 amide bonds. The predicted octanol–water partition coefficient (Wildman–Crippen LogP) is 1.64. The Labute approximate surface area is 109 Å². The Morgan fingerprint density at radius 3 is 2.67 bits per heavy atom. The summed E-state index contributed by atoms with van der Waals surface area (Å²) in [6.07, 6.45) is 0. The van der Waals surface area contributed by atoms with Crippen LogP contribution in [0, 0.1) is 12.8 Å². The van der Waals surface area contributed by atoms with E-state index in [-0.39, 0.29) is 11.9 Å². The molecule has 2 N–H and O–H groups in total. The van der Waals surface area contributed by atoms with Crippen molar-refractivity contribution in [3.05, 3.63) is 29.6 Å². The average Bonchev–Trinajstić information content (AvgIpc) is 2.28. The average molecular weight is 249 g/mol. The molecule has 1 aromatic heterocycles. The van der Waals surface area contributed by atoms with Crippen LogP contribution in [-0.4, -0.2) is 23.5 Å². The maximum Gasteiger partial charge on any atom is 0.234 e. The third-order valence-corrected chi connectivity index (χ3v) is 2.93. The van der Waals surface area contributed by atoms with E-state index in [4.69, 9.17) is 0 Å². The van der Waals surface area contributed by atoms with Gasteiger partial charge in [-0.05, 0) is 31.9 Å². The SMILES string of the molecule is Cc1cccc(CNCC(=O)NC(C)C(C)C)n1. The second kappa shape index (κ2) is 7.11. The Morgan fingerprint density at radius 2 is 2.06 bits per heavy atom. The van der Waals surface area contributed by atoms with Gasteiger partial charge in [-0.1, -0.05) is 19.9 Å². The smallest absolute Gasteiger partial charge is 0.234 e. The van der Waals surface area contributed by atoms with Gasteiger partial charge in [0.15, 0.2) is 0 Å². The van der Waals surface area contributed by atoms with E-state index >= 15 is 0 Å². The van der Waals surface area contributed by atoms with Crippen molar-refractivity contribution in [3.63, 3.8) is 0 Å². The highest BCUT2D eigenvalue weighted by atomic mass is 16.1. The summed E-state index contributed by atoms with van der Waals surface area (Å²) in [5.74, 6) is 0.483. The molecule has 0 radical (unpaired) electrons. The van der Waals surface area contributed by atoms with Gasteiger partial charge >= 0.3 is 0 Å². The summed E-state index contributed by atoms with van der Waals surface area (Å²) >= 11 is 0. The zero-order valence-corrected chi connectivity index (χ0v) is 11.7. The number of carbonyl (C=O) groups is 1. The molecule has 0 aliphatic rings. The van der Waals surface area contributed by atoms with Crippen molar-refractivity contribution in [1.82, 2.24) is 15.6 Å². The number of carbonyl (C=O) groups excluding carboxylic acids is 1. The van der Waals surface area contributed by atoms with Gasteiger partial charge in [-0.25, -0.2) is 0 Å². The van der Waals surface area contributed by atoms with E-state index in [2.05, 4.69) is 29.5 Å². The summed E-state index contributed by atoms with van der Waals surface area (Å²) in [7, 11) is 0. The highest BCUT2D eigenvalue weighted by Gasteiger charge is 2.09. The number of aromatic nitrogens is 1. The summed E-state index contributed by atoms with van der Waals surface area (Å²) in [6.45, 7) is 9.10. The molecular formula is C14H23N3O. The van der Waals surface area contributed by atoms with Crippen LogP contribution in [0.15, 0.2) is 18.2 Å². The van der Waals surface area contributed by atoms with Gasteiger partial charge < -0.3 is 10.6 Å². The van der Waals surface area contributed by atoms with Crippen molar-refractivity contribution in [2.24, 2.45) is 5.92 Å². The van der Waals surface area contributed by atoms with Crippen LogP contribution in [-0.2, 0) is 11.3 Å². The van der Waals surface area contributed by atoms with Gasteiger partial charge in [0.2, 0.25) is 5.91 Å². The molecule has 4 nitrogen and oxygen atoms in total. The van der Waals surface area contributed by atoms with E-state index < -0.39 is 0 Å². The van der Waals surface area contributed by atoms with Crippen LogP contribution in [0.25, 0.3) is 0 Å². The van der Waals surface area contributed by atoms with E-state index in [0.717, 1.165) is 11.4 Å². The Kier molecular flexibility index (Phi) is 5.78. The first-order valence-corrected chi connectivity index (χ1v) is 6.41. The molecule has 0 bridgehead atoms. The molecule has 1 aromatic rings. The topological polar surface area (TPSA) is 54.0 Å². The molecular weight excluding hydrogens is 226 g/mol. The minimum Gasteiger partial charge on any atom is -0.352 e.